The van der Waals surface area contributed by atoms with Crippen LogP contribution in [0.2, 0.25) is 0 Å². The van der Waals surface area contributed by atoms with Crippen molar-refractivity contribution in [1.29, 1.82) is 0 Å². The van der Waals surface area contributed by atoms with Gasteiger partial charge in [-0.25, -0.2) is 0 Å². The maximum atomic E-state index is 8.56. The summed E-state index contributed by atoms with van der Waals surface area (Å²) in [7, 11) is 0. The molecule has 78 valence electrons. The van der Waals surface area contributed by atoms with Crippen molar-refractivity contribution in [3.05, 3.63) is 0 Å². The summed E-state index contributed by atoms with van der Waals surface area (Å²) >= 11 is 0. The minimum atomic E-state index is 0.337. The van der Waals surface area contributed by atoms with Crippen molar-refractivity contribution in [2.75, 3.05) is 26.2 Å². The fraction of sp³-hybridized carbons (Fsp3) is 1.00. The van der Waals surface area contributed by atoms with Crippen LogP contribution in [0.15, 0.2) is 0 Å². The van der Waals surface area contributed by atoms with E-state index in [9.17, 15) is 0 Å². The van der Waals surface area contributed by atoms with E-state index in [-0.39, 0.29) is 0 Å². The minimum absolute atomic E-state index is 0.337. The molecule has 1 unspecified atom stereocenters. The second-order valence-corrected chi connectivity index (χ2v) is 3.78. The summed E-state index contributed by atoms with van der Waals surface area (Å²) in [6.45, 7) is 3.73. The Morgan fingerprint density at radius 1 is 1.31 bits per heavy atom. The highest BCUT2D eigenvalue weighted by molar-refractivity contribution is 4.75. The number of unbranched alkanes of at least 4 members (excludes halogenated alkanes) is 2. The molecule has 3 heteroatoms. The molecule has 0 saturated carbocycles. The lowest BCUT2D eigenvalue weighted by Crippen LogP contribution is -2.34. The van der Waals surface area contributed by atoms with Gasteiger partial charge in [-0.05, 0) is 45.2 Å². The third kappa shape index (κ3) is 5.24. The number of hydrogen-bond donors (Lipinski definition) is 3. The molecule has 0 bridgehead atoms. The molecule has 0 aliphatic carbocycles. The highest BCUT2D eigenvalue weighted by Crippen LogP contribution is 2.03. The van der Waals surface area contributed by atoms with E-state index in [0.717, 1.165) is 25.9 Å². The molecule has 3 N–H and O–H groups in total. The Bertz CT molecular complexity index is 113. The molecule has 3 nitrogen and oxygen atoms in total. The van der Waals surface area contributed by atoms with Crippen molar-refractivity contribution >= 4 is 0 Å². The molecule has 0 spiro atoms. The first kappa shape index (κ1) is 11.0. The lowest BCUT2D eigenvalue weighted by Gasteiger charge is -2.10. The molecule has 0 aromatic heterocycles. The van der Waals surface area contributed by atoms with Crippen molar-refractivity contribution in [2.24, 2.45) is 0 Å². The second-order valence-electron chi connectivity index (χ2n) is 3.78. The maximum Gasteiger partial charge on any atom is 0.0431 e. The van der Waals surface area contributed by atoms with Crippen molar-refractivity contribution in [1.82, 2.24) is 10.6 Å². The zero-order valence-electron chi connectivity index (χ0n) is 8.39. The molecule has 0 amide bonds. The first-order valence-electron chi connectivity index (χ1n) is 5.48. The Morgan fingerprint density at radius 2 is 2.23 bits per heavy atom. The number of hydrogen-bond acceptors (Lipinski definition) is 3. The van der Waals surface area contributed by atoms with E-state index in [1.165, 1.54) is 25.8 Å². The summed E-state index contributed by atoms with van der Waals surface area (Å²) in [5.41, 5.74) is 0. The van der Waals surface area contributed by atoms with Gasteiger partial charge in [-0.15, -0.1) is 0 Å². The van der Waals surface area contributed by atoms with Gasteiger partial charge in [-0.1, -0.05) is 0 Å². The minimum Gasteiger partial charge on any atom is -0.396 e. The van der Waals surface area contributed by atoms with Crippen LogP contribution in [0, 0.1) is 0 Å². The van der Waals surface area contributed by atoms with Gasteiger partial charge in [0.2, 0.25) is 0 Å². The average molecular weight is 186 g/mol. The normalized spacial score (nSPS) is 22.4. The maximum absolute atomic E-state index is 8.56. The first-order valence-corrected chi connectivity index (χ1v) is 5.48. The van der Waals surface area contributed by atoms with Crippen molar-refractivity contribution in [2.45, 2.75) is 38.1 Å². The van der Waals surface area contributed by atoms with Gasteiger partial charge in [0.05, 0.1) is 0 Å². The summed E-state index contributed by atoms with van der Waals surface area (Å²) in [6.07, 6.45) is 5.93. The van der Waals surface area contributed by atoms with Crippen LogP contribution in [0.25, 0.3) is 0 Å². The van der Waals surface area contributed by atoms with Crippen LogP contribution in [-0.4, -0.2) is 37.4 Å². The van der Waals surface area contributed by atoms with Crippen molar-refractivity contribution in [3.63, 3.8) is 0 Å². The predicted molar refractivity (Wildman–Crippen MR) is 54.8 cm³/mol. The summed E-state index contributed by atoms with van der Waals surface area (Å²) in [4.78, 5) is 0. The molecule has 1 aliphatic heterocycles. The molecule has 1 fully saturated rings. The van der Waals surface area contributed by atoms with E-state index in [2.05, 4.69) is 10.6 Å². The number of aliphatic hydroxyl groups is 1. The van der Waals surface area contributed by atoms with Crippen LogP contribution in [0.4, 0.5) is 0 Å². The fourth-order valence-electron chi connectivity index (χ4n) is 1.75. The van der Waals surface area contributed by atoms with Crippen LogP contribution < -0.4 is 10.6 Å². The molecule has 0 radical (unpaired) electrons. The molecule has 1 heterocycles. The fourth-order valence-corrected chi connectivity index (χ4v) is 1.75. The van der Waals surface area contributed by atoms with E-state index in [4.69, 9.17) is 5.11 Å². The van der Waals surface area contributed by atoms with E-state index in [1.54, 1.807) is 0 Å². The van der Waals surface area contributed by atoms with Gasteiger partial charge in [0.25, 0.3) is 0 Å². The predicted octanol–water partition coefficient (Wildman–Crippen LogP) is 0.491. The third-order valence-corrected chi connectivity index (χ3v) is 2.56. The highest BCUT2D eigenvalue weighted by Gasteiger charge is 2.12. The lowest BCUT2D eigenvalue weighted by molar-refractivity contribution is 0.282. The Hall–Kier alpha value is -0.120. The third-order valence-electron chi connectivity index (χ3n) is 2.56. The van der Waals surface area contributed by atoms with Gasteiger partial charge in [-0.2, -0.15) is 0 Å². The molecule has 1 atom stereocenters. The van der Waals surface area contributed by atoms with Crippen LogP contribution in [0.5, 0.6) is 0 Å². The Balaban J connectivity index is 1.78. The van der Waals surface area contributed by atoms with Crippen molar-refractivity contribution in [3.8, 4) is 0 Å². The Morgan fingerprint density at radius 3 is 2.92 bits per heavy atom. The number of rotatable bonds is 7. The lowest BCUT2D eigenvalue weighted by atomic mass is 10.2. The van der Waals surface area contributed by atoms with Gasteiger partial charge < -0.3 is 15.7 Å². The zero-order valence-corrected chi connectivity index (χ0v) is 8.39. The quantitative estimate of drug-likeness (QED) is 0.507. The largest absolute Gasteiger partial charge is 0.396 e. The number of aliphatic hydroxyl groups excluding tert-OH is 1. The van der Waals surface area contributed by atoms with E-state index >= 15 is 0 Å². The SMILES string of the molecule is OCCCCCNCC1CCCN1. The van der Waals surface area contributed by atoms with Gasteiger partial charge >= 0.3 is 0 Å². The molecular weight excluding hydrogens is 164 g/mol. The van der Waals surface area contributed by atoms with Crippen LogP contribution >= 0.6 is 0 Å². The topological polar surface area (TPSA) is 44.3 Å². The summed E-state index contributed by atoms with van der Waals surface area (Å²) < 4.78 is 0. The van der Waals surface area contributed by atoms with Crippen LogP contribution in [-0.2, 0) is 0 Å². The molecule has 1 rings (SSSR count). The van der Waals surface area contributed by atoms with Crippen LogP contribution in [0.3, 0.4) is 0 Å². The van der Waals surface area contributed by atoms with E-state index < -0.39 is 0 Å². The summed E-state index contributed by atoms with van der Waals surface area (Å²) in [5.74, 6) is 0. The molecular formula is C10H22N2O. The first-order chi connectivity index (χ1) is 6.43. The van der Waals surface area contributed by atoms with Crippen molar-refractivity contribution < 1.29 is 5.11 Å². The smallest absolute Gasteiger partial charge is 0.0431 e. The van der Waals surface area contributed by atoms with E-state index in [0.29, 0.717) is 12.6 Å². The number of nitrogens with one attached hydrogen (secondary N) is 2. The molecule has 0 aromatic carbocycles. The summed E-state index contributed by atoms with van der Waals surface area (Å²) in [5, 5.41) is 15.5. The summed E-state index contributed by atoms with van der Waals surface area (Å²) in [6, 6.07) is 0.706. The van der Waals surface area contributed by atoms with Gasteiger partial charge in [-0.3, -0.25) is 0 Å². The Kier molecular flexibility index (Phi) is 6.15. The van der Waals surface area contributed by atoms with E-state index in [1.807, 2.05) is 0 Å². The Labute approximate surface area is 80.9 Å². The second kappa shape index (κ2) is 7.30. The van der Waals surface area contributed by atoms with Gasteiger partial charge in [0.15, 0.2) is 0 Å². The molecule has 1 saturated heterocycles. The molecule has 13 heavy (non-hydrogen) atoms. The molecule has 1 aliphatic rings. The van der Waals surface area contributed by atoms with Gasteiger partial charge in [0, 0.05) is 19.2 Å². The van der Waals surface area contributed by atoms with Gasteiger partial charge in [0.1, 0.15) is 0 Å². The average Bonchev–Trinajstić information content (AvgIpc) is 2.63. The highest BCUT2D eigenvalue weighted by atomic mass is 16.2. The van der Waals surface area contributed by atoms with Crippen LogP contribution in [0.1, 0.15) is 32.1 Å². The zero-order chi connectivity index (χ0) is 9.36. The standard InChI is InChI=1S/C10H22N2O/c13-8-3-1-2-6-11-9-10-5-4-7-12-10/h10-13H,1-9H2. The monoisotopic (exact) mass is 186 g/mol. The molecule has 0 aromatic rings.